The number of nitrogens with two attached hydrogens (primary N) is 1. The first-order valence-electron chi connectivity index (χ1n) is 10.1. The van der Waals surface area contributed by atoms with Crippen molar-refractivity contribution in [2.75, 3.05) is 18.8 Å². The molecule has 3 aromatic heterocycles. The highest BCUT2D eigenvalue weighted by Crippen LogP contribution is 2.30. The molecule has 6 nitrogen and oxygen atoms in total. The molecule has 0 bridgehead atoms. The average Bonchev–Trinajstić information content (AvgIpc) is 3.22. The highest BCUT2D eigenvalue weighted by Gasteiger charge is 2.23. The molecular weight excluding hydrogens is 367 g/mol. The largest absolute Gasteiger partial charge is 0.384 e. The van der Waals surface area contributed by atoms with E-state index >= 15 is 0 Å². The van der Waals surface area contributed by atoms with Gasteiger partial charge in [-0.05, 0) is 56.6 Å². The van der Waals surface area contributed by atoms with Crippen LogP contribution in [0.3, 0.4) is 0 Å². The van der Waals surface area contributed by atoms with E-state index in [0.29, 0.717) is 11.7 Å². The zero-order valence-electron chi connectivity index (χ0n) is 16.8. The van der Waals surface area contributed by atoms with E-state index in [1.807, 2.05) is 32.2 Å². The lowest BCUT2D eigenvalue weighted by Crippen LogP contribution is -2.32. The number of fused-ring (bicyclic) bond motifs is 2. The van der Waals surface area contributed by atoms with Crippen LogP contribution < -0.4 is 5.73 Å². The molecule has 0 saturated carbocycles. The molecule has 0 unspecified atom stereocenters. The Morgan fingerprint density at radius 2 is 1.97 bits per heavy atom. The van der Waals surface area contributed by atoms with Crippen LogP contribution in [0.4, 0.5) is 10.2 Å². The first-order valence-corrected chi connectivity index (χ1v) is 10.1. The molecule has 0 spiro atoms. The number of aryl methyl sites for hydroxylation is 2. The fraction of sp³-hybridized carbons (Fsp3) is 0.364. The topological polar surface area (TPSA) is 64.4 Å². The zero-order valence-corrected chi connectivity index (χ0v) is 16.8. The minimum atomic E-state index is -0.183. The van der Waals surface area contributed by atoms with Gasteiger partial charge in [-0.25, -0.2) is 9.37 Å². The average molecular weight is 392 g/mol. The molecule has 29 heavy (non-hydrogen) atoms. The molecule has 1 aromatic carbocycles. The number of hydrogen-bond acceptors (Lipinski definition) is 4. The van der Waals surface area contributed by atoms with E-state index in [-0.39, 0.29) is 5.82 Å². The van der Waals surface area contributed by atoms with E-state index in [1.165, 1.54) is 11.6 Å². The summed E-state index contributed by atoms with van der Waals surface area (Å²) < 4.78 is 17.5. The van der Waals surface area contributed by atoms with Crippen LogP contribution in [0.1, 0.15) is 35.7 Å². The van der Waals surface area contributed by atoms with Crippen molar-refractivity contribution in [3.63, 3.8) is 0 Å². The lowest BCUT2D eigenvalue weighted by atomic mass is 9.93. The van der Waals surface area contributed by atoms with Gasteiger partial charge in [0.05, 0.1) is 5.69 Å². The first kappa shape index (κ1) is 18.1. The summed E-state index contributed by atoms with van der Waals surface area (Å²) in [6, 6.07) is 8.95. The standard InChI is InChI=1S/C22H25FN6/c1-14-9-22-25-19(11-21(24)29(22)26-14)15-5-7-28(8-6-15)13-16-12-27(2)20-4-3-17(23)10-18(16)20/h3-4,9-12,15H,5-8,13,24H2,1-2H3. The highest BCUT2D eigenvalue weighted by molar-refractivity contribution is 5.84. The Bertz CT molecular complexity index is 1200. The molecule has 150 valence electrons. The van der Waals surface area contributed by atoms with Gasteiger partial charge >= 0.3 is 0 Å². The molecule has 0 amide bonds. The van der Waals surface area contributed by atoms with Crippen molar-refractivity contribution in [2.45, 2.75) is 32.2 Å². The number of halogens is 1. The molecule has 4 aromatic rings. The number of piperidine rings is 1. The molecule has 0 aliphatic carbocycles. The Morgan fingerprint density at radius 3 is 2.76 bits per heavy atom. The van der Waals surface area contributed by atoms with Crippen LogP contribution >= 0.6 is 0 Å². The van der Waals surface area contributed by atoms with Gasteiger partial charge in [0.1, 0.15) is 11.6 Å². The van der Waals surface area contributed by atoms with Crippen LogP contribution in [0.15, 0.2) is 36.5 Å². The smallest absolute Gasteiger partial charge is 0.157 e. The molecule has 1 fully saturated rings. The molecule has 5 rings (SSSR count). The van der Waals surface area contributed by atoms with Crippen molar-refractivity contribution in [1.82, 2.24) is 24.1 Å². The van der Waals surface area contributed by atoms with E-state index in [0.717, 1.165) is 60.4 Å². The van der Waals surface area contributed by atoms with Crippen LogP contribution in [-0.4, -0.2) is 37.2 Å². The van der Waals surface area contributed by atoms with Crippen LogP contribution in [0.25, 0.3) is 16.6 Å². The predicted octanol–water partition coefficient (Wildman–Crippen LogP) is 3.63. The lowest BCUT2D eigenvalue weighted by molar-refractivity contribution is 0.204. The molecule has 2 N–H and O–H groups in total. The van der Waals surface area contributed by atoms with E-state index in [4.69, 9.17) is 10.7 Å². The summed E-state index contributed by atoms with van der Waals surface area (Å²) >= 11 is 0. The van der Waals surface area contributed by atoms with Gasteiger partial charge in [-0.3, -0.25) is 4.90 Å². The van der Waals surface area contributed by atoms with Gasteiger partial charge in [-0.15, -0.1) is 0 Å². The number of nitrogens with zero attached hydrogens (tertiary/aromatic N) is 5. The van der Waals surface area contributed by atoms with E-state index < -0.39 is 0 Å². The van der Waals surface area contributed by atoms with Gasteiger partial charge < -0.3 is 10.3 Å². The number of hydrogen-bond donors (Lipinski definition) is 1. The molecule has 0 radical (unpaired) electrons. The van der Waals surface area contributed by atoms with Crippen LogP contribution in [-0.2, 0) is 13.6 Å². The summed E-state index contributed by atoms with van der Waals surface area (Å²) in [5.74, 6) is 0.856. The van der Waals surface area contributed by atoms with Crippen LogP contribution in [0.5, 0.6) is 0 Å². The van der Waals surface area contributed by atoms with Gasteiger partial charge in [0.25, 0.3) is 0 Å². The second-order valence-corrected chi connectivity index (χ2v) is 8.14. The maximum absolute atomic E-state index is 13.7. The number of nitrogen functional groups attached to an aromatic ring is 1. The van der Waals surface area contributed by atoms with Gasteiger partial charge in [-0.1, -0.05) is 0 Å². The number of benzene rings is 1. The van der Waals surface area contributed by atoms with Gasteiger partial charge in [0.2, 0.25) is 0 Å². The monoisotopic (exact) mass is 392 g/mol. The number of aromatic nitrogens is 4. The summed E-state index contributed by atoms with van der Waals surface area (Å²) in [5.41, 5.74) is 11.2. The maximum Gasteiger partial charge on any atom is 0.157 e. The molecule has 1 saturated heterocycles. The minimum absolute atomic E-state index is 0.183. The Hall–Kier alpha value is -2.93. The van der Waals surface area contributed by atoms with Gasteiger partial charge in [0.15, 0.2) is 5.65 Å². The molecule has 7 heteroatoms. The third kappa shape index (κ3) is 3.25. The maximum atomic E-state index is 13.7. The molecular formula is C22H25FN6. The predicted molar refractivity (Wildman–Crippen MR) is 112 cm³/mol. The Balaban J connectivity index is 1.32. The Kier molecular flexibility index (Phi) is 4.28. The van der Waals surface area contributed by atoms with Gasteiger partial charge in [-0.2, -0.15) is 9.61 Å². The van der Waals surface area contributed by atoms with Crippen LogP contribution in [0, 0.1) is 12.7 Å². The Labute approximate surface area is 168 Å². The molecule has 1 aliphatic heterocycles. The third-order valence-electron chi connectivity index (χ3n) is 6.03. The van der Waals surface area contributed by atoms with Crippen molar-refractivity contribution < 1.29 is 4.39 Å². The summed E-state index contributed by atoms with van der Waals surface area (Å²) in [6.07, 6.45) is 4.19. The van der Waals surface area contributed by atoms with E-state index in [1.54, 1.807) is 10.6 Å². The SMILES string of the molecule is Cc1cc2nc(C3CCN(Cc4cn(C)c5ccc(F)cc45)CC3)cc(N)n2n1. The van der Waals surface area contributed by atoms with Crippen molar-refractivity contribution in [1.29, 1.82) is 0 Å². The summed E-state index contributed by atoms with van der Waals surface area (Å²) in [4.78, 5) is 7.25. The van der Waals surface area contributed by atoms with Crippen molar-refractivity contribution >= 4 is 22.4 Å². The lowest BCUT2D eigenvalue weighted by Gasteiger charge is -2.31. The number of likely N-dealkylation sites (tertiary alicyclic amines) is 1. The second-order valence-electron chi connectivity index (χ2n) is 8.14. The molecule has 4 heterocycles. The molecule has 1 aliphatic rings. The summed E-state index contributed by atoms with van der Waals surface area (Å²) in [6.45, 7) is 4.76. The normalized spacial score (nSPS) is 16.2. The zero-order chi connectivity index (χ0) is 20.1. The van der Waals surface area contributed by atoms with E-state index in [9.17, 15) is 4.39 Å². The minimum Gasteiger partial charge on any atom is -0.384 e. The number of anilines is 1. The van der Waals surface area contributed by atoms with Crippen molar-refractivity contribution in [3.8, 4) is 0 Å². The quantitative estimate of drug-likeness (QED) is 0.578. The number of rotatable bonds is 3. The van der Waals surface area contributed by atoms with E-state index in [2.05, 4.69) is 20.8 Å². The summed E-state index contributed by atoms with van der Waals surface area (Å²) in [5, 5.41) is 5.39. The molecule has 0 atom stereocenters. The highest BCUT2D eigenvalue weighted by atomic mass is 19.1. The van der Waals surface area contributed by atoms with Crippen molar-refractivity contribution in [2.24, 2.45) is 7.05 Å². The third-order valence-corrected chi connectivity index (χ3v) is 6.03. The first-order chi connectivity index (χ1) is 14.0. The fourth-order valence-electron chi connectivity index (χ4n) is 4.54. The van der Waals surface area contributed by atoms with Crippen molar-refractivity contribution in [3.05, 3.63) is 59.3 Å². The second kappa shape index (κ2) is 6.84. The summed E-state index contributed by atoms with van der Waals surface area (Å²) in [7, 11) is 2.01. The van der Waals surface area contributed by atoms with Gasteiger partial charge in [0, 0.05) is 54.4 Å². The Morgan fingerprint density at radius 1 is 1.17 bits per heavy atom. The fourth-order valence-corrected chi connectivity index (χ4v) is 4.54. The van der Waals surface area contributed by atoms with Crippen LogP contribution in [0.2, 0.25) is 0 Å².